The topological polar surface area (TPSA) is 56.2 Å². The molecule has 1 aliphatic rings. The molecule has 0 amide bonds. The quantitative estimate of drug-likeness (QED) is 0.869. The molecule has 2 aromatic rings. The molecular weight excluding hydrogens is 274 g/mol. The first-order valence-electron chi connectivity index (χ1n) is 7.11. The number of benzene rings is 1. The largest absolute Gasteiger partial charge is 0.451 e. The zero-order chi connectivity index (χ0) is 14.1. The lowest BCUT2D eigenvalue weighted by molar-refractivity contribution is 0.0847. The molecule has 106 valence electrons. The molecule has 0 radical (unpaired) electrons. The van der Waals surface area contributed by atoms with Gasteiger partial charge in [-0.1, -0.05) is 23.7 Å². The van der Waals surface area contributed by atoms with Crippen molar-refractivity contribution in [1.29, 1.82) is 0 Å². The van der Waals surface area contributed by atoms with E-state index in [1.165, 1.54) is 0 Å². The number of hydrogen-bond donors (Lipinski definition) is 1. The normalized spacial score (nSPS) is 23.1. The van der Waals surface area contributed by atoms with Gasteiger partial charge in [-0.2, -0.15) is 0 Å². The van der Waals surface area contributed by atoms with E-state index in [-0.39, 0.29) is 11.7 Å². The van der Waals surface area contributed by atoms with Crippen LogP contribution in [-0.2, 0) is 0 Å². The average Bonchev–Trinajstić information content (AvgIpc) is 2.92. The summed E-state index contributed by atoms with van der Waals surface area (Å²) in [6, 6.07) is 7.35. The van der Waals surface area contributed by atoms with E-state index >= 15 is 0 Å². The summed E-state index contributed by atoms with van der Waals surface area (Å²) < 4.78 is 5.66. The molecule has 1 aliphatic carbocycles. The number of rotatable bonds is 3. The van der Waals surface area contributed by atoms with Crippen LogP contribution in [0.15, 0.2) is 28.7 Å². The second-order valence-corrected chi connectivity index (χ2v) is 5.99. The van der Waals surface area contributed by atoms with Gasteiger partial charge in [0, 0.05) is 11.3 Å². The van der Waals surface area contributed by atoms with E-state index in [0.29, 0.717) is 22.3 Å². The molecule has 1 aromatic carbocycles. The van der Waals surface area contributed by atoms with Gasteiger partial charge in [0.1, 0.15) is 0 Å². The molecule has 0 bridgehead atoms. The number of halogens is 1. The number of hydrogen-bond acceptors (Lipinski definition) is 3. The fourth-order valence-corrected chi connectivity index (χ4v) is 3.23. The Kier molecular flexibility index (Phi) is 3.81. The summed E-state index contributed by atoms with van der Waals surface area (Å²) >= 11 is 6.08. The molecule has 1 fully saturated rings. The number of Topliss-reactive ketones (excluding diaryl/α,β-unsaturated/α-hetero) is 1. The summed E-state index contributed by atoms with van der Waals surface area (Å²) in [4.78, 5) is 12.5. The van der Waals surface area contributed by atoms with Gasteiger partial charge in [-0.05, 0) is 50.3 Å². The Morgan fingerprint density at radius 1 is 1.30 bits per heavy atom. The van der Waals surface area contributed by atoms with Gasteiger partial charge < -0.3 is 10.2 Å². The summed E-state index contributed by atoms with van der Waals surface area (Å²) in [5, 5.41) is 1.44. The highest BCUT2D eigenvalue weighted by Crippen LogP contribution is 2.33. The number of carbonyl (C=O) groups excluding carboxylic acids is 1. The van der Waals surface area contributed by atoms with Gasteiger partial charge in [0.05, 0.1) is 5.02 Å². The molecule has 1 saturated carbocycles. The molecule has 1 heterocycles. The van der Waals surface area contributed by atoms with E-state index < -0.39 is 0 Å². The zero-order valence-corrected chi connectivity index (χ0v) is 12.0. The first-order valence-corrected chi connectivity index (χ1v) is 7.49. The second-order valence-electron chi connectivity index (χ2n) is 5.59. The minimum absolute atomic E-state index is 0.0668. The number of nitrogens with two attached hydrogens (primary N) is 1. The lowest BCUT2D eigenvalue weighted by atomic mass is 9.79. The molecule has 20 heavy (non-hydrogen) atoms. The van der Waals surface area contributed by atoms with E-state index in [2.05, 4.69) is 0 Å². The van der Waals surface area contributed by atoms with Crippen molar-refractivity contribution in [3.05, 3.63) is 35.0 Å². The van der Waals surface area contributed by atoms with E-state index in [1.807, 2.05) is 12.1 Å². The highest BCUT2D eigenvalue weighted by molar-refractivity contribution is 6.34. The fourth-order valence-electron chi connectivity index (χ4n) is 3.01. The minimum Gasteiger partial charge on any atom is -0.451 e. The van der Waals surface area contributed by atoms with Crippen molar-refractivity contribution in [3.63, 3.8) is 0 Å². The predicted octanol–water partition coefficient (Wildman–Crippen LogP) is 4.03. The summed E-state index contributed by atoms with van der Waals surface area (Å²) in [7, 11) is 0. The third kappa shape index (κ3) is 2.48. The summed E-state index contributed by atoms with van der Waals surface area (Å²) in [5.41, 5.74) is 6.29. The standard InChI is InChI=1S/C16H18ClNO2/c17-13-3-1-2-12-8-14(20-16(12)13)15(19)11-6-4-10(9-18)5-7-11/h1-3,8,10-11H,4-7,9,18H2. The molecule has 0 spiro atoms. The molecule has 1 aromatic heterocycles. The van der Waals surface area contributed by atoms with Crippen LogP contribution in [0.5, 0.6) is 0 Å². The zero-order valence-electron chi connectivity index (χ0n) is 11.3. The third-order valence-electron chi connectivity index (χ3n) is 4.29. The van der Waals surface area contributed by atoms with E-state index in [9.17, 15) is 4.79 Å². The Hall–Kier alpha value is -1.32. The number of fused-ring (bicyclic) bond motifs is 1. The van der Waals surface area contributed by atoms with Gasteiger partial charge in [0.25, 0.3) is 0 Å². The molecule has 3 rings (SSSR count). The van der Waals surface area contributed by atoms with Gasteiger partial charge in [-0.3, -0.25) is 4.79 Å². The summed E-state index contributed by atoms with van der Waals surface area (Å²) in [5.74, 6) is 1.18. The Morgan fingerprint density at radius 3 is 2.70 bits per heavy atom. The number of carbonyl (C=O) groups is 1. The molecule has 0 unspecified atom stereocenters. The van der Waals surface area contributed by atoms with Crippen LogP contribution < -0.4 is 5.73 Å². The van der Waals surface area contributed by atoms with Crippen LogP contribution in [0.3, 0.4) is 0 Å². The Bertz CT molecular complexity index is 626. The van der Waals surface area contributed by atoms with E-state index in [0.717, 1.165) is 37.6 Å². The first-order chi connectivity index (χ1) is 9.69. The molecular formula is C16H18ClNO2. The lowest BCUT2D eigenvalue weighted by Gasteiger charge is -2.25. The van der Waals surface area contributed by atoms with Crippen molar-refractivity contribution < 1.29 is 9.21 Å². The number of ketones is 1. The lowest BCUT2D eigenvalue weighted by Crippen LogP contribution is -2.25. The van der Waals surface area contributed by atoms with Gasteiger partial charge >= 0.3 is 0 Å². The fraction of sp³-hybridized carbons (Fsp3) is 0.438. The van der Waals surface area contributed by atoms with E-state index in [4.69, 9.17) is 21.8 Å². The predicted molar refractivity (Wildman–Crippen MR) is 80.1 cm³/mol. The Morgan fingerprint density at radius 2 is 2.05 bits per heavy atom. The van der Waals surface area contributed by atoms with Crippen LogP contribution in [0, 0.1) is 11.8 Å². The van der Waals surface area contributed by atoms with Crippen molar-refractivity contribution in [1.82, 2.24) is 0 Å². The van der Waals surface area contributed by atoms with Crippen LogP contribution in [0.1, 0.15) is 36.2 Å². The molecule has 0 aliphatic heterocycles. The minimum atomic E-state index is 0.0668. The van der Waals surface area contributed by atoms with Gasteiger partial charge in [-0.15, -0.1) is 0 Å². The monoisotopic (exact) mass is 291 g/mol. The van der Waals surface area contributed by atoms with Crippen molar-refractivity contribution in [2.24, 2.45) is 17.6 Å². The maximum atomic E-state index is 12.5. The molecule has 2 N–H and O–H groups in total. The average molecular weight is 292 g/mol. The van der Waals surface area contributed by atoms with Crippen LogP contribution in [0.4, 0.5) is 0 Å². The molecule has 3 nitrogen and oxygen atoms in total. The summed E-state index contributed by atoms with van der Waals surface area (Å²) in [6.45, 7) is 0.723. The Labute approximate surface area is 123 Å². The van der Waals surface area contributed by atoms with Gasteiger partial charge in [0.2, 0.25) is 5.78 Å². The van der Waals surface area contributed by atoms with Gasteiger partial charge in [-0.25, -0.2) is 0 Å². The second kappa shape index (κ2) is 5.58. The molecule has 0 saturated heterocycles. The van der Waals surface area contributed by atoms with Crippen LogP contribution in [0.2, 0.25) is 5.02 Å². The van der Waals surface area contributed by atoms with Crippen LogP contribution >= 0.6 is 11.6 Å². The van der Waals surface area contributed by atoms with Gasteiger partial charge in [0.15, 0.2) is 11.3 Å². The molecule has 4 heteroatoms. The highest BCUT2D eigenvalue weighted by Gasteiger charge is 2.28. The SMILES string of the molecule is NCC1CCC(C(=O)c2cc3cccc(Cl)c3o2)CC1. The smallest absolute Gasteiger partial charge is 0.201 e. The maximum absolute atomic E-state index is 12.5. The summed E-state index contributed by atoms with van der Waals surface area (Å²) in [6.07, 6.45) is 3.89. The maximum Gasteiger partial charge on any atom is 0.201 e. The molecule has 0 atom stereocenters. The number of para-hydroxylation sites is 1. The van der Waals surface area contributed by atoms with Crippen LogP contribution in [-0.4, -0.2) is 12.3 Å². The van der Waals surface area contributed by atoms with Crippen molar-refractivity contribution in [2.45, 2.75) is 25.7 Å². The third-order valence-corrected chi connectivity index (χ3v) is 4.59. The van der Waals surface area contributed by atoms with E-state index in [1.54, 1.807) is 12.1 Å². The number of furan rings is 1. The van der Waals surface area contributed by atoms with Crippen molar-refractivity contribution in [3.8, 4) is 0 Å². The van der Waals surface area contributed by atoms with Crippen LogP contribution in [0.25, 0.3) is 11.0 Å². The first kappa shape index (κ1) is 13.7. The van der Waals surface area contributed by atoms with Crippen molar-refractivity contribution in [2.75, 3.05) is 6.54 Å². The highest BCUT2D eigenvalue weighted by atomic mass is 35.5. The van der Waals surface area contributed by atoms with Crippen molar-refractivity contribution >= 4 is 28.4 Å². The Balaban J connectivity index is 1.81.